The van der Waals surface area contributed by atoms with E-state index >= 15 is 0 Å². The summed E-state index contributed by atoms with van der Waals surface area (Å²) >= 11 is 1.48. The van der Waals surface area contributed by atoms with Crippen LogP contribution in [0.2, 0.25) is 0 Å². The van der Waals surface area contributed by atoms with Gasteiger partial charge in [-0.25, -0.2) is 4.98 Å². The van der Waals surface area contributed by atoms with Gasteiger partial charge in [-0.3, -0.25) is 0 Å². The number of hydrogen-bond donors (Lipinski definition) is 1. The van der Waals surface area contributed by atoms with E-state index in [9.17, 15) is 4.79 Å². The summed E-state index contributed by atoms with van der Waals surface area (Å²) in [5, 5.41) is 11.3. The van der Waals surface area contributed by atoms with Crippen LogP contribution in [0.5, 0.6) is 0 Å². The van der Waals surface area contributed by atoms with Gasteiger partial charge in [-0.05, 0) is 0 Å². The first-order chi connectivity index (χ1) is 5.36. The highest BCUT2D eigenvalue weighted by Crippen LogP contribution is 2.09. The van der Waals surface area contributed by atoms with Crippen molar-refractivity contribution in [2.24, 2.45) is 0 Å². The molecule has 1 rings (SSSR count). The lowest BCUT2D eigenvalue weighted by Crippen LogP contribution is -1.91. The fraction of sp³-hybridized carbons (Fsp3) is 0.429. The van der Waals surface area contributed by atoms with Crippen LogP contribution in [-0.4, -0.2) is 23.0 Å². The number of thiazole rings is 1. The van der Waals surface area contributed by atoms with E-state index in [1.165, 1.54) is 11.3 Å². The minimum absolute atomic E-state index is 0.119. The number of carbonyl (C=O) groups excluding carboxylic acids is 1. The summed E-state index contributed by atoms with van der Waals surface area (Å²) in [7, 11) is 0. The first-order valence-corrected chi connectivity index (χ1v) is 4.22. The lowest BCUT2D eigenvalue weighted by molar-refractivity contribution is -0.107. The Morgan fingerprint density at radius 2 is 2.55 bits per heavy atom. The van der Waals surface area contributed by atoms with Crippen LogP contribution in [0.3, 0.4) is 0 Å². The Kier molecular flexibility index (Phi) is 3.19. The number of rotatable bonds is 4. The number of nitrogens with zero attached hydrogens (tertiary/aromatic N) is 1. The minimum Gasteiger partial charge on any atom is -0.396 e. The molecule has 0 saturated heterocycles. The maximum Gasteiger partial charge on any atom is 0.125 e. The lowest BCUT2D eigenvalue weighted by Gasteiger charge is -1.86. The number of aromatic nitrogens is 1. The van der Waals surface area contributed by atoms with E-state index < -0.39 is 0 Å². The third-order valence-electron chi connectivity index (χ3n) is 1.22. The van der Waals surface area contributed by atoms with Gasteiger partial charge in [-0.1, -0.05) is 0 Å². The zero-order valence-electron chi connectivity index (χ0n) is 5.99. The summed E-state index contributed by atoms with van der Waals surface area (Å²) < 4.78 is 0. The zero-order valence-corrected chi connectivity index (χ0v) is 6.80. The second kappa shape index (κ2) is 4.20. The predicted octanol–water partition coefficient (Wildman–Crippen LogP) is 0.419. The summed E-state index contributed by atoms with van der Waals surface area (Å²) in [4.78, 5) is 14.2. The van der Waals surface area contributed by atoms with E-state index in [1.807, 2.05) is 5.38 Å². The molecule has 0 atom stereocenters. The van der Waals surface area contributed by atoms with E-state index in [1.54, 1.807) is 0 Å². The first kappa shape index (κ1) is 8.36. The monoisotopic (exact) mass is 171 g/mol. The third kappa shape index (κ3) is 2.40. The average molecular weight is 171 g/mol. The Morgan fingerprint density at radius 1 is 1.73 bits per heavy atom. The van der Waals surface area contributed by atoms with Crippen molar-refractivity contribution < 1.29 is 9.90 Å². The number of aliphatic hydroxyl groups excluding tert-OH is 1. The SMILES string of the molecule is O=CCc1csc(CCO)n1. The summed E-state index contributed by atoms with van der Waals surface area (Å²) in [5.74, 6) is 0. The highest BCUT2D eigenvalue weighted by Gasteiger charge is 1.99. The highest BCUT2D eigenvalue weighted by atomic mass is 32.1. The summed E-state index contributed by atoms with van der Waals surface area (Å²) in [6.07, 6.45) is 1.79. The molecule has 0 aromatic carbocycles. The molecular formula is C7H9NO2S. The molecule has 1 aromatic heterocycles. The van der Waals surface area contributed by atoms with E-state index in [4.69, 9.17) is 5.11 Å². The predicted molar refractivity (Wildman–Crippen MR) is 42.7 cm³/mol. The second-order valence-electron chi connectivity index (χ2n) is 2.08. The summed E-state index contributed by atoms with van der Waals surface area (Å²) in [6, 6.07) is 0. The molecule has 0 aliphatic rings. The van der Waals surface area contributed by atoms with Gasteiger partial charge in [0.2, 0.25) is 0 Å². The Balaban J connectivity index is 2.57. The molecule has 60 valence electrons. The van der Waals surface area contributed by atoms with Crippen LogP contribution in [0.4, 0.5) is 0 Å². The molecule has 0 radical (unpaired) electrons. The maximum atomic E-state index is 10.1. The van der Waals surface area contributed by atoms with Gasteiger partial charge in [0.05, 0.1) is 10.7 Å². The fourth-order valence-electron chi connectivity index (χ4n) is 0.739. The van der Waals surface area contributed by atoms with Crippen molar-refractivity contribution in [2.45, 2.75) is 12.8 Å². The molecule has 0 aliphatic carbocycles. The molecule has 1 heterocycles. The Labute approximate surface area is 68.7 Å². The smallest absolute Gasteiger partial charge is 0.125 e. The van der Waals surface area contributed by atoms with Gasteiger partial charge in [0.1, 0.15) is 6.29 Å². The number of aliphatic hydroxyl groups is 1. The van der Waals surface area contributed by atoms with Crippen LogP contribution in [0.1, 0.15) is 10.7 Å². The standard InChI is InChI=1S/C7H9NO2S/c9-3-1-6-5-11-7(8-6)2-4-10/h3,5,10H,1-2,4H2. The second-order valence-corrected chi connectivity index (χ2v) is 3.02. The average Bonchev–Trinajstić information content (AvgIpc) is 2.38. The summed E-state index contributed by atoms with van der Waals surface area (Å²) in [6.45, 7) is 0.119. The normalized spacial score (nSPS) is 9.91. The van der Waals surface area contributed by atoms with Crippen LogP contribution < -0.4 is 0 Å². The number of carbonyl (C=O) groups is 1. The molecule has 3 nitrogen and oxygen atoms in total. The van der Waals surface area contributed by atoms with Gasteiger partial charge >= 0.3 is 0 Å². The van der Waals surface area contributed by atoms with E-state index in [0.29, 0.717) is 12.8 Å². The van der Waals surface area contributed by atoms with Crippen molar-refractivity contribution in [3.8, 4) is 0 Å². The van der Waals surface area contributed by atoms with E-state index in [2.05, 4.69) is 4.98 Å². The van der Waals surface area contributed by atoms with Crippen molar-refractivity contribution in [1.82, 2.24) is 4.98 Å². The molecule has 1 aromatic rings. The van der Waals surface area contributed by atoms with E-state index in [0.717, 1.165) is 17.0 Å². The van der Waals surface area contributed by atoms with Gasteiger partial charge in [0.15, 0.2) is 0 Å². The van der Waals surface area contributed by atoms with Gasteiger partial charge in [-0.15, -0.1) is 11.3 Å². The molecule has 4 heteroatoms. The Bertz CT molecular complexity index is 234. The van der Waals surface area contributed by atoms with Gasteiger partial charge < -0.3 is 9.90 Å². The van der Waals surface area contributed by atoms with Crippen molar-refractivity contribution in [3.05, 3.63) is 16.1 Å². The van der Waals surface area contributed by atoms with Crippen LogP contribution in [0.25, 0.3) is 0 Å². The quantitative estimate of drug-likeness (QED) is 0.668. The minimum atomic E-state index is 0.119. The van der Waals surface area contributed by atoms with Gasteiger partial charge in [0, 0.05) is 24.8 Å². The number of aldehydes is 1. The maximum absolute atomic E-state index is 10.1. The zero-order chi connectivity index (χ0) is 8.10. The lowest BCUT2D eigenvalue weighted by atomic mass is 10.4. The first-order valence-electron chi connectivity index (χ1n) is 3.34. The summed E-state index contributed by atoms with van der Waals surface area (Å²) in [5.41, 5.74) is 0.799. The van der Waals surface area contributed by atoms with Crippen LogP contribution >= 0.6 is 11.3 Å². The van der Waals surface area contributed by atoms with Crippen LogP contribution in [0, 0.1) is 0 Å². The Morgan fingerprint density at radius 3 is 3.18 bits per heavy atom. The molecule has 11 heavy (non-hydrogen) atoms. The molecule has 0 unspecified atom stereocenters. The van der Waals surface area contributed by atoms with E-state index in [-0.39, 0.29) is 6.61 Å². The van der Waals surface area contributed by atoms with Gasteiger partial charge in [-0.2, -0.15) is 0 Å². The van der Waals surface area contributed by atoms with Crippen LogP contribution in [0.15, 0.2) is 5.38 Å². The molecule has 1 N–H and O–H groups in total. The molecule has 0 amide bonds. The molecule has 0 fully saturated rings. The van der Waals surface area contributed by atoms with Crippen molar-refractivity contribution >= 4 is 17.6 Å². The topological polar surface area (TPSA) is 50.2 Å². The fourth-order valence-corrected chi connectivity index (χ4v) is 1.54. The largest absolute Gasteiger partial charge is 0.396 e. The van der Waals surface area contributed by atoms with Crippen molar-refractivity contribution in [2.75, 3.05) is 6.61 Å². The number of hydrogen-bond acceptors (Lipinski definition) is 4. The molecule has 0 saturated carbocycles. The van der Waals surface area contributed by atoms with Gasteiger partial charge in [0.25, 0.3) is 0 Å². The highest BCUT2D eigenvalue weighted by molar-refractivity contribution is 7.09. The third-order valence-corrected chi connectivity index (χ3v) is 2.17. The molecular weight excluding hydrogens is 162 g/mol. The van der Waals surface area contributed by atoms with Crippen molar-refractivity contribution in [1.29, 1.82) is 0 Å². The molecule has 0 spiro atoms. The van der Waals surface area contributed by atoms with Crippen LogP contribution in [-0.2, 0) is 17.6 Å². The van der Waals surface area contributed by atoms with Crippen molar-refractivity contribution in [3.63, 3.8) is 0 Å². The molecule has 0 aliphatic heterocycles. The Hall–Kier alpha value is -0.740. The molecule has 0 bridgehead atoms.